The summed E-state index contributed by atoms with van der Waals surface area (Å²) in [7, 11) is 0. The van der Waals surface area contributed by atoms with Gasteiger partial charge in [0, 0.05) is 19.1 Å². The summed E-state index contributed by atoms with van der Waals surface area (Å²) in [6.45, 7) is 2.56. The standard InChI is InChI=1S/C12H16ClFN2.ClH/c13-11-6-9(3-4-12(11)14)8-16-5-1-2-10(16)7-15;/h3-4,6,10H,1-2,5,7-8,15H2;1H. The lowest BCUT2D eigenvalue weighted by atomic mass is 10.2. The number of rotatable bonds is 3. The van der Waals surface area contributed by atoms with Crippen LogP contribution in [0.1, 0.15) is 18.4 Å². The van der Waals surface area contributed by atoms with Crippen molar-refractivity contribution in [3.05, 3.63) is 34.6 Å². The van der Waals surface area contributed by atoms with E-state index in [2.05, 4.69) is 4.90 Å². The van der Waals surface area contributed by atoms with Gasteiger partial charge in [0.25, 0.3) is 0 Å². The lowest BCUT2D eigenvalue weighted by Gasteiger charge is -2.23. The van der Waals surface area contributed by atoms with Crippen molar-refractivity contribution in [3.63, 3.8) is 0 Å². The number of likely N-dealkylation sites (tertiary alicyclic amines) is 1. The van der Waals surface area contributed by atoms with Crippen LogP contribution >= 0.6 is 24.0 Å². The molecule has 2 nitrogen and oxygen atoms in total. The predicted octanol–water partition coefficient (Wildman–Crippen LogP) is 2.82. The Morgan fingerprint density at radius 2 is 2.24 bits per heavy atom. The second-order valence-electron chi connectivity index (χ2n) is 4.25. The first-order chi connectivity index (χ1) is 7.70. The fourth-order valence-corrected chi connectivity index (χ4v) is 2.45. The highest BCUT2D eigenvalue weighted by Gasteiger charge is 2.22. The molecule has 0 spiro atoms. The van der Waals surface area contributed by atoms with Crippen LogP contribution in [0.5, 0.6) is 0 Å². The third-order valence-corrected chi connectivity index (χ3v) is 3.43. The summed E-state index contributed by atoms with van der Waals surface area (Å²) in [5.41, 5.74) is 6.75. The number of halogens is 3. The van der Waals surface area contributed by atoms with Crippen LogP contribution < -0.4 is 5.73 Å². The first-order valence-electron chi connectivity index (χ1n) is 5.58. The molecule has 2 N–H and O–H groups in total. The monoisotopic (exact) mass is 278 g/mol. The minimum Gasteiger partial charge on any atom is -0.329 e. The Bertz CT molecular complexity index is 374. The maximum absolute atomic E-state index is 13.0. The predicted molar refractivity (Wildman–Crippen MR) is 71.1 cm³/mol. The molecule has 0 bridgehead atoms. The van der Waals surface area contributed by atoms with Crippen molar-refractivity contribution in [1.82, 2.24) is 4.90 Å². The van der Waals surface area contributed by atoms with E-state index in [4.69, 9.17) is 17.3 Å². The van der Waals surface area contributed by atoms with Gasteiger partial charge in [0.05, 0.1) is 5.02 Å². The topological polar surface area (TPSA) is 29.3 Å². The minimum atomic E-state index is -0.359. The largest absolute Gasteiger partial charge is 0.329 e. The molecule has 0 radical (unpaired) electrons. The lowest BCUT2D eigenvalue weighted by molar-refractivity contribution is 0.250. The summed E-state index contributed by atoms with van der Waals surface area (Å²) in [6.07, 6.45) is 2.35. The summed E-state index contributed by atoms with van der Waals surface area (Å²) in [4.78, 5) is 2.34. The molecule has 1 aliphatic rings. The Morgan fingerprint density at radius 3 is 2.88 bits per heavy atom. The average Bonchev–Trinajstić information content (AvgIpc) is 2.71. The smallest absolute Gasteiger partial charge is 0.141 e. The van der Waals surface area contributed by atoms with Crippen LogP contribution in [0.4, 0.5) is 4.39 Å². The average molecular weight is 279 g/mol. The summed E-state index contributed by atoms with van der Waals surface area (Å²) in [6, 6.07) is 5.37. The second-order valence-corrected chi connectivity index (χ2v) is 4.66. The molecule has 96 valence electrons. The van der Waals surface area contributed by atoms with Gasteiger partial charge in [-0.2, -0.15) is 0 Å². The highest BCUT2D eigenvalue weighted by Crippen LogP contribution is 2.22. The molecule has 1 aliphatic heterocycles. The Hall–Kier alpha value is -0.350. The first-order valence-corrected chi connectivity index (χ1v) is 5.96. The molecule has 1 heterocycles. The number of benzene rings is 1. The lowest BCUT2D eigenvalue weighted by Crippen LogP contribution is -2.34. The molecule has 0 aromatic heterocycles. The van der Waals surface area contributed by atoms with Gasteiger partial charge in [-0.25, -0.2) is 4.39 Å². The van der Waals surface area contributed by atoms with Crippen molar-refractivity contribution in [2.75, 3.05) is 13.1 Å². The van der Waals surface area contributed by atoms with E-state index in [-0.39, 0.29) is 23.2 Å². The normalized spacial score (nSPS) is 20.3. The Labute approximate surface area is 112 Å². The van der Waals surface area contributed by atoms with Crippen LogP contribution in [0.25, 0.3) is 0 Å². The highest BCUT2D eigenvalue weighted by atomic mass is 35.5. The zero-order valence-corrected chi connectivity index (χ0v) is 11.1. The molecule has 0 amide bonds. The van der Waals surface area contributed by atoms with Gasteiger partial charge in [-0.05, 0) is 37.1 Å². The molecular weight excluding hydrogens is 262 g/mol. The van der Waals surface area contributed by atoms with Crippen molar-refractivity contribution < 1.29 is 4.39 Å². The third kappa shape index (κ3) is 3.55. The number of nitrogens with two attached hydrogens (primary N) is 1. The number of hydrogen-bond donors (Lipinski definition) is 1. The van der Waals surface area contributed by atoms with E-state index in [0.717, 1.165) is 25.1 Å². The zero-order chi connectivity index (χ0) is 11.5. The molecule has 5 heteroatoms. The van der Waals surface area contributed by atoms with Crippen LogP contribution in [-0.2, 0) is 6.54 Å². The van der Waals surface area contributed by atoms with E-state index in [0.29, 0.717) is 12.6 Å². The zero-order valence-electron chi connectivity index (χ0n) is 9.53. The fourth-order valence-electron chi connectivity index (χ4n) is 2.24. The number of nitrogens with zero attached hydrogens (tertiary/aromatic N) is 1. The second kappa shape index (κ2) is 6.55. The molecule has 1 aromatic carbocycles. The van der Waals surface area contributed by atoms with Crippen LogP contribution in [0.2, 0.25) is 5.02 Å². The summed E-state index contributed by atoms with van der Waals surface area (Å²) in [5, 5.41) is 0.195. The molecule has 2 rings (SSSR count). The van der Waals surface area contributed by atoms with Gasteiger partial charge in [0.1, 0.15) is 5.82 Å². The van der Waals surface area contributed by atoms with Crippen LogP contribution in [0, 0.1) is 5.82 Å². The first kappa shape index (κ1) is 14.7. The van der Waals surface area contributed by atoms with Crippen LogP contribution in [0.15, 0.2) is 18.2 Å². The highest BCUT2D eigenvalue weighted by molar-refractivity contribution is 6.30. The van der Waals surface area contributed by atoms with Gasteiger partial charge in [0.2, 0.25) is 0 Å². The quantitative estimate of drug-likeness (QED) is 0.921. The van der Waals surface area contributed by atoms with Crippen molar-refractivity contribution in [3.8, 4) is 0 Å². The van der Waals surface area contributed by atoms with Gasteiger partial charge in [-0.1, -0.05) is 17.7 Å². The van der Waals surface area contributed by atoms with Gasteiger partial charge in [-0.3, -0.25) is 4.90 Å². The molecule has 1 saturated heterocycles. The molecule has 1 unspecified atom stereocenters. The number of hydrogen-bond acceptors (Lipinski definition) is 2. The van der Waals surface area contributed by atoms with Crippen LogP contribution in [-0.4, -0.2) is 24.0 Å². The summed E-state index contributed by atoms with van der Waals surface area (Å²) in [5.74, 6) is -0.359. The van der Waals surface area contributed by atoms with Crippen LogP contribution in [0.3, 0.4) is 0 Å². The molecule has 1 aromatic rings. The van der Waals surface area contributed by atoms with Gasteiger partial charge < -0.3 is 5.73 Å². The van der Waals surface area contributed by atoms with E-state index >= 15 is 0 Å². The molecule has 1 fully saturated rings. The van der Waals surface area contributed by atoms with Gasteiger partial charge in [-0.15, -0.1) is 12.4 Å². The third-order valence-electron chi connectivity index (χ3n) is 3.14. The van der Waals surface area contributed by atoms with Crippen molar-refractivity contribution in [1.29, 1.82) is 0 Å². The van der Waals surface area contributed by atoms with Gasteiger partial charge in [0.15, 0.2) is 0 Å². The molecule has 0 aliphatic carbocycles. The summed E-state index contributed by atoms with van der Waals surface area (Å²) < 4.78 is 13.0. The Morgan fingerprint density at radius 1 is 1.47 bits per heavy atom. The molecule has 1 atom stereocenters. The minimum absolute atomic E-state index is 0. The maximum atomic E-state index is 13.0. The molecular formula is C12H17Cl2FN2. The fraction of sp³-hybridized carbons (Fsp3) is 0.500. The van der Waals surface area contributed by atoms with Crippen molar-refractivity contribution in [2.24, 2.45) is 5.73 Å². The molecule has 17 heavy (non-hydrogen) atoms. The Balaban J connectivity index is 0.00000144. The van der Waals surface area contributed by atoms with E-state index in [9.17, 15) is 4.39 Å². The SMILES string of the molecule is Cl.NCC1CCCN1Cc1ccc(F)c(Cl)c1. The van der Waals surface area contributed by atoms with E-state index in [1.165, 1.54) is 12.5 Å². The van der Waals surface area contributed by atoms with E-state index in [1.807, 2.05) is 0 Å². The Kier molecular flexibility index (Phi) is 5.67. The van der Waals surface area contributed by atoms with Gasteiger partial charge >= 0.3 is 0 Å². The summed E-state index contributed by atoms with van der Waals surface area (Å²) >= 11 is 5.75. The van der Waals surface area contributed by atoms with Crippen molar-refractivity contribution >= 4 is 24.0 Å². The van der Waals surface area contributed by atoms with E-state index < -0.39 is 0 Å². The maximum Gasteiger partial charge on any atom is 0.141 e. The van der Waals surface area contributed by atoms with E-state index in [1.54, 1.807) is 12.1 Å². The molecule has 0 saturated carbocycles. The van der Waals surface area contributed by atoms with Crippen molar-refractivity contribution in [2.45, 2.75) is 25.4 Å².